The summed E-state index contributed by atoms with van der Waals surface area (Å²) in [5, 5.41) is 0.594. The van der Waals surface area contributed by atoms with Crippen molar-refractivity contribution in [2.75, 3.05) is 23.7 Å². The number of hydrogen-bond acceptors (Lipinski definition) is 3. The van der Waals surface area contributed by atoms with Gasteiger partial charge in [-0.15, -0.1) is 0 Å². The van der Waals surface area contributed by atoms with E-state index in [1.807, 2.05) is 23.9 Å². The molecule has 0 fully saturated rings. The Kier molecular flexibility index (Phi) is 8.51. The predicted molar refractivity (Wildman–Crippen MR) is 95.8 cm³/mol. The highest BCUT2D eigenvalue weighted by Gasteiger charge is 2.09. The summed E-state index contributed by atoms with van der Waals surface area (Å²) in [6.45, 7) is 10.9. The zero-order valence-electron chi connectivity index (χ0n) is 13.9. The maximum atomic E-state index is 12.1. The second-order valence-corrected chi connectivity index (χ2v) is 7.31. The second kappa shape index (κ2) is 9.88. The lowest BCUT2D eigenvalue weighted by atomic mass is 10.1. The third-order valence-electron chi connectivity index (χ3n) is 3.32. The highest BCUT2D eigenvalue weighted by Crippen LogP contribution is 2.18. The molecular weight excluding hydrogens is 278 g/mol. The van der Waals surface area contributed by atoms with Gasteiger partial charge in [0.2, 0.25) is 0 Å². The van der Waals surface area contributed by atoms with Crippen LogP contribution in [0.1, 0.15) is 57.3 Å². The van der Waals surface area contributed by atoms with Gasteiger partial charge in [-0.1, -0.05) is 27.7 Å². The minimum Gasteiger partial charge on any atom is -0.372 e. The third kappa shape index (κ3) is 6.56. The first-order chi connectivity index (χ1) is 10.1. The molecule has 3 heteroatoms. The average molecular weight is 308 g/mol. The molecule has 1 rings (SSSR count). The molecule has 0 spiro atoms. The molecule has 21 heavy (non-hydrogen) atoms. The Bertz CT molecular complexity index is 408. The lowest BCUT2D eigenvalue weighted by molar-refractivity contribution is 0.0989. The lowest BCUT2D eigenvalue weighted by Crippen LogP contribution is -2.24. The number of hydrogen-bond donors (Lipinski definition) is 0. The number of Topliss-reactive ketones (excluding diaryl/α,β-unsaturated/α-hetero) is 1. The van der Waals surface area contributed by atoms with E-state index in [9.17, 15) is 4.79 Å². The number of rotatable bonds is 10. The molecule has 0 unspecified atom stereocenters. The van der Waals surface area contributed by atoms with E-state index < -0.39 is 0 Å². The van der Waals surface area contributed by atoms with Gasteiger partial charge in [-0.2, -0.15) is 11.8 Å². The Morgan fingerprint density at radius 1 is 1.10 bits per heavy atom. The van der Waals surface area contributed by atoms with Gasteiger partial charge in [0.15, 0.2) is 5.78 Å². The molecule has 0 saturated heterocycles. The standard InChI is InChI=1S/C18H29NOS/c1-5-12-19(13-6-2)17-9-7-16(8-10-17)18(20)11-14-21-15(3)4/h7-10,15H,5-6,11-14H2,1-4H3. The molecular formula is C18H29NOS. The minimum atomic E-state index is 0.257. The van der Waals surface area contributed by atoms with Crippen molar-refractivity contribution in [1.29, 1.82) is 0 Å². The van der Waals surface area contributed by atoms with Crippen LogP contribution in [-0.2, 0) is 0 Å². The fourth-order valence-electron chi connectivity index (χ4n) is 2.30. The van der Waals surface area contributed by atoms with E-state index in [0.717, 1.165) is 37.2 Å². The Morgan fingerprint density at radius 3 is 2.14 bits per heavy atom. The van der Waals surface area contributed by atoms with E-state index >= 15 is 0 Å². The zero-order valence-corrected chi connectivity index (χ0v) is 14.7. The van der Waals surface area contributed by atoms with Crippen LogP contribution in [0.3, 0.4) is 0 Å². The van der Waals surface area contributed by atoms with Gasteiger partial charge in [-0.05, 0) is 42.4 Å². The second-order valence-electron chi connectivity index (χ2n) is 5.63. The highest BCUT2D eigenvalue weighted by molar-refractivity contribution is 7.99. The summed E-state index contributed by atoms with van der Waals surface area (Å²) in [5.74, 6) is 1.17. The summed E-state index contributed by atoms with van der Waals surface area (Å²) < 4.78 is 0. The summed E-state index contributed by atoms with van der Waals surface area (Å²) in [5.41, 5.74) is 2.07. The van der Waals surface area contributed by atoms with Gasteiger partial charge < -0.3 is 4.90 Å². The quantitative estimate of drug-likeness (QED) is 0.566. The molecule has 0 aliphatic carbocycles. The normalized spacial score (nSPS) is 10.9. The summed E-state index contributed by atoms with van der Waals surface area (Å²) in [4.78, 5) is 14.5. The van der Waals surface area contributed by atoms with Crippen LogP contribution in [0.25, 0.3) is 0 Å². The molecule has 0 N–H and O–H groups in total. The van der Waals surface area contributed by atoms with Gasteiger partial charge in [0.25, 0.3) is 0 Å². The van der Waals surface area contributed by atoms with Crippen molar-refractivity contribution < 1.29 is 4.79 Å². The number of benzene rings is 1. The smallest absolute Gasteiger partial charge is 0.163 e. The van der Waals surface area contributed by atoms with Crippen LogP contribution in [0.2, 0.25) is 0 Å². The van der Waals surface area contributed by atoms with Crippen molar-refractivity contribution in [3.63, 3.8) is 0 Å². The zero-order chi connectivity index (χ0) is 15.7. The maximum Gasteiger partial charge on any atom is 0.163 e. The number of nitrogens with zero attached hydrogens (tertiary/aromatic N) is 1. The molecule has 0 bridgehead atoms. The van der Waals surface area contributed by atoms with Crippen molar-refractivity contribution in [1.82, 2.24) is 0 Å². The largest absolute Gasteiger partial charge is 0.372 e. The van der Waals surface area contributed by atoms with E-state index in [1.54, 1.807) is 0 Å². The molecule has 118 valence electrons. The van der Waals surface area contributed by atoms with Crippen LogP contribution in [0.4, 0.5) is 5.69 Å². The van der Waals surface area contributed by atoms with Crippen molar-refractivity contribution in [3.8, 4) is 0 Å². The van der Waals surface area contributed by atoms with Gasteiger partial charge in [0, 0.05) is 36.5 Å². The van der Waals surface area contributed by atoms with Crippen molar-refractivity contribution in [2.24, 2.45) is 0 Å². The van der Waals surface area contributed by atoms with Crippen LogP contribution >= 0.6 is 11.8 Å². The molecule has 2 nitrogen and oxygen atoms in total. The predicted octanol–water partition coefficient (Wildman–Crippen LogP) is 5.03. The van der Waals surface area contributed by atoms with E-state index in [2.05, 4.69) is 44.7 Å². The van der Waals surface area contributed by atoms with Crippen molar-refractivity contribution >= 4 is 23.2 Å². The Hall–Kier alpha value is -0.960. The first-order valence-electron chi connectivity index (χ1n) is 8.08. The first-order valence-corrected chi connectivity index (χ1v) is 9.13. The summed E-state index contributed by atoms with van der Waals surface area (Å²) in [7, 11) is 0. The van der Waals surface area contributed by atoms with E-state index in [1.165, 1.54) is 5.69 Å². The molecule has 0 atom stereocenters. The Balaban J connectivity index is 2.61. The highest BCUT2D eigenvalue weighted by atomic mass is 32.2. The Labute approximate surface area is 134 Å². The summed E-state index contributed by atoms with van der Waals surface area (Å²) in [6, 6.07) is 8.15. The molecule has 0 aromatic heterocycles. The molecule has 1 aromatic carbocycles. The van der Waals surface area contributed by atoms with Gasteiger partial charge in [0.1, 0.15) is 0 Å². The van der Waals surface area contributed by atoms with Crippen molar-refractivity contribution in [2.45, 2.75) is 52.2 Å². The van der Waals surface area contributed by atoms with Crippen LogP contribution < -0.4 is 4.90 Å². The molecule has 0 aliphatic heterocycles. The Morgan fingerprint density at radius 2 is 1.67 bits per heavy atom. The summed E-state index contributed by atoms with van der Waals surface area (Å²) >= 11 is 1.85. The number of ketones is 1. The van der Waals surface area contributed by atoms with Gasteiger partial charge in [0.05, 0.1) is 0 Å². The van der Waals surface area contributed by atoms with E-state index in [4.69, 9.17) is 0 Å². The molecule has 0 saturated carbocycles. The van der Waals surface area contributed by atoms with Crippen LogP contribution in [0.15, 0.2) is 24.3 Å². The average Bonchev–Trinajstić information content (AvgIpc) is 2.47. The van der Waals surface area contributed by atoms with Gasteiger partial charge in [-0.25, -0.2) is 0 Å². The number of carbonyl (C=O) groups excluding carboxylic acids is 1. The first kappa shape index (κ1) is 18.1. The third-order valence-corrected chi connectivity index (χ3v) is 4.43. The monoisotopic (exact) mass is 307 g/mol. The van der Waals surface area contributed by atoms with Crippen LogP contribution in [0.5, 0.6) is 0 Å². The molecule has 0 heterocycles. The van der Waals surface area contributed by atoms with Crippen molar-refractivity contribution in [3.05, 3.63) is 29.8 Å². The maximum absolute atomic E-state index is 12.1. The van der Waals surface area contributed by atoms with Gasteiger partial charge >= 0.3 is 0 Å². The number of carbonyl (C=O) groups is 1. The topological polar surface area (TPSA) is 20.3 Å². The molecule has 0 radical (unpaired) electrons. The fraction of sp³-hybridized carbons (Fsp3) is 0.611. The van der Waals surface area contributed by atoms with Crippen LogP contribution in [0, 0.1) is 0 Å². The fourth-order valence-corrected chi connectivity index (χ4v) is 3.07. The summed E-state index contributed by atoms with van der Waals surface area (Å²) in [6.07, 6.45) is 2.93. The number of thioether (sulfide) groups is 1. The number of anilines is 1. The van der Waals surface area contributed by atoms with Gasteiger partial charge in [-0.3, -0.25) is 4.79 Å². The van der Waals surface area contributed by atoms with E-state index in [0.29, 0.717) is 11.7 Å². The molecule has 0 amide bonds. The molecule has 1 aromatic rings. The lowest BCUT2D eigenvalue weighted by Gasteiger charge is -2.23. The minimum absolute atomic E-state index is 0.257. The van der Waals surface area contributed by atoms with Crippen LogP contribution in [-0.4, -0.2) is 29.9 Å². The SMILES string of the molecule is CCCN(CCC)c1ccc(C(=O)CCSC(C)C)cc1. The molecule has 0 aliphatic rings. The van der Waals surface area contributed by atoms with E-state index in [-0.39, 0.29) is 5.78 Å².